The quantitative estimate of drug-likeness (QED) is 0.202. The van der Waals surface area contributed by atoms with Crippen LogP contribution in [0.4, 0.5) is 0 Å². The van der Waals surface area contributed by atoms with Gasteiger partial charge < -0.3 is 10.1 Å². The summed E-state index contributed by atoms with van der Waals surface area (Å²) >= 11 is 12.8. The number of aryl methyl sites for hydroxylation is 1. The van der Waals surface area contributed by atoms with Crippen molar-refractivity contribution in [1.29, 1.82) is 0 Å². The Morgan fingerprint density at radius 2 is 1.63 bits per heavy atom. The van der Waals surface area contributed by atoms with E-state index >= 15 is 0 Å². The highest BCUT2D eigenvalue weighted by atomic mass is 35.5. The summed E-state index contributed by atoms with van der Waals surface area (Å²) in [7, 11) is -3.34. The van der Waals surface area contributed by atoms with Crippen molar-refractivity contribution in [3.8, 4) is 22.4 Å². The van der Waals surface area contributed by atoms with E-state index in [1.807, 2.05) is 36.4 Å². The van der Waals surface area contributed by atoms with Crippen LogP contribution in [0, 0.1) is 0 Å². The van der Waals surface area contributed by atoms with E-state index < -0.39 is 10.0 Å². The summed E-state index contributed by atoms with van der Waals surface area (Å²) in [6.07, 6.45) is 2.88. The molecule has 2 aliphatic rings. The number of halogens is 2. The molecule has 8 nitrogen and oxygen atoms in total. The van der Waals surface area contributed by atoms with Crippen LogP contribution in [0.2, 0.25) is 10.0 Å². The molecule has 3 heterocycles. The summed E-state index contributed by atoms with van der Waals surface area (Å²) in [6.45, 7) is 8.72. The standard InChI is InChI=1S/C35H41Cl2N5O3S/c1-25-24-45-19-18-40(25)15-3-16-42-34-14-17-41(46(2,43)44)23-32(34)35(39-42)29-10-13-33(37)31(20-29)28-8-4-26(5-9-28)21-38-22-27-6-11-30(36)12-7-27/h4-13,20,25,38H,3,14-19,21-24H2,1-2H3. The van der Waals surface area contributed by atoms with Crippen molar-refractivity contribution in [2.75, 3.05) is 39.1 Å². The number of nitrogens with zero attached hydrogens (tertiary/aromatic N) is 4. The molecule has 0 saturated carbocycles. The van der Waals surface area contributed by atoms with Gasteiger partial charge in [-0.1, -0.05) is 65.7 Å². The van der Waals surface area contributed by atoms with Crippen LogP contribution in [0.1, 0.15) is 35.7 Å². The first-order chi connectivity index (χ1) is 22.2. The number of benzene rings is 3. The third kappa shape index (κ3) is 7.85. The molecule has 1 fully saturated rings. The van der Waals surface area contributed by atoms with E-state index in [0.29, 0.717) is 30.6 Å². The Hall–Kier alpha value is -2.76. The monoisotopic (exact) mass is 681 g/mol. The van der Waals surface area contributed by atoms with Crippen molar-refractivity contribution in [3.05, 3.63) is 99.2 Å². The number of sulfonamides is 1. The highest BCUT2D eigenvalue weighted by molar-refractivity contribution is 7.88. The fraction of sp³-hybridized carbons (Fsp3) is 0.400. The van der Waals surface area contributed by atoms with Gasteiger partial charge in [-0.3, -0.25) is 9.58 Å². The molecule has 1 aromatic heterocycles. The third-order valence-electron chi connectivity index (χ3n) is 8.96. The second kappa shape index (κ2) is 14.6. The zero-order chi connectivity index (χ0) is 32.3. The molecule has 0 bridgehead atoms. The minimum atomic E-state index is -3.34. The van der Waals surface area contributed by atoms with Gasteiger partial charge in [0, 0.05) is 90.7 Å². The number of nitrogens with one attached hydrogen (secondary N) is 1. The fourth-order valence-corrected chi connectivity index (χ4v) is 7.47. The molecular formula is C35H41Cl2N5O3S. The number of ether oxygens (including phenoxy) is 1. The third-order valence-corrected chi connectivity index (χ3v) is 10.8. The lowest BCUT2D eigenvalue weighted by atomic mass is 9.97. The van der Waals surface area contributed by atoms with Crippen LogP contribution in [-0.4, -0.2) is 72.5 Å². The van der Waals surface area contributed by atoms with Gasteiger partial charge >= 0.3 is 0 Å². The van der Waals surface area contributed by atoms with Crippen LogP contribution in [0.5, 0.6) is 0 Å². The van der Waals surface area contributed by atoms with Gasteiger partial charge in [-0.25, -0.2) is 8.42 Å². The predicted molar refractivity (Wildman–Crippen MR) is 186 cm³/mol. The molecule has 46 heavy (non-hydrogen) atoms. The summed E-state index contributed by atoms with van der Waals surface area (Å²) in [4.78, 5) is 2.47. The average Bonchev–Trinajstić information content (AvgIpc) is 3.41. The van der Waals surface area contributed by atoms with Crippen molar-refractivity contribution in [1.82, 2.24) is 24.3 Å². The maximum atomic E-state index is 12.5. The summed E-state index contributed by atoms with van der Waals surface area (Å²) in [6, 6.07) is 22.7. The van der Waals surface area contributed by atoms with E-state index in [-0.39, 0.29) is 0 Å². The maximum absolute atomic E-state index is 12.5. The molecule has 244 valence electrons. The molecule has 1 saturated heterocycles. The van der Waals surface area contributed by atoms with Crippen LogP contribution in [0.15, 0.2) is 66.7 Å². The molecule has 1 unspecified atom stereocenters. The van der Waals surface area contributed by atoms with Gasteiger partial charge in [-0.15, -0.1) is 0 Å². The average molecular weight is 683 g/mol. The fourth-order valence-electron chi connectivity index (χ4n) is 6.33. The summed E-state index contributed by atoms with van der Waals surface area (Å²) in [5, 5.41) is 9.99. The zero-order valence-corrected chi connectivity index (χ0v) is 28.7. The van der Waals surface area contributed by atoms with E-state index in [1.165, 1.54) is 17.4 Å². The van der Waals surface area contributed by atoms with E-state index in [0.717, 1.165) is 91.0 Å². The summed E-state index contributed by atoms with van der Waals surface area (Å²) in [5.74, 6) is 0. The van der Waals surface area contributed by atoms with E-state index in [9.17, 15) is 8.42 Å². The van der Waals surface area contributed by atoms with Gasteiger partial charge in [0.1, 0.15) is 0 Å². The lowest BCUT2D eigenvalue weighted by Gasteiger charge is -2.33. The van der Waals surface area contributed by atoms with Crippen LogP contribution in [0.25, 0.3) is 22.4 Å². The first kappa shape index (κ1) is 33.2. The number of hydrogen-bond donors (Lipinski definition) is 1. The van der Waals surface area contributed by atoms with Gasteiger partial charge in [0.25, 0.3) is 0 Å². The van der Waals surface area contributed by atoms with Gasteiger partial charge in [0.15, 0.2) is 0 Å². The Labute approximate surface area is 282 Å². The van der Waals surface area contributed by atoms with Gasteiger partial charge in [0.2, 0.25) is 10.0 Å². The molecule has 0 aliphatic carbocycles. The van der Waals surface area contributed by atoms with Gasteiger partial charge in [-0.05, 0) is 54.3 Å². The minimum absolute atomic E-state index is 0.319. The van der Waals surface area contributed by atoms with Crippen LogP contribution < -0.4 is 5.32 Å². The summed E-state index contributed by atoms with van der Waals surface area (Å²) < 4.78 is 34.4. The minimum Gasteiger partial charge on any atom is -0.379 e. The second-order valence-corrected chi connectivity index (χ2v) is 15.1. The van der Waals surface area contributed by atoms with Gasteiger partial charge in [0.05, 0.1) is 25.2 Å². The molecule has 2 aliphatic heterocycles. The van der Waals surface area contributed by atoms with Crippen molar-refractivity contribution >= 4 is 33.2 Å². The normalized spacial score (nSPS) is 17.7. The molecule has 11 heteroatoms. The Kier molecular flexibility index (Phi) is 10.5. The number of aromatic nitrogens is 2. The van der Waals surface area contributed by atoms with Crippen LogP contribution in [0.3, 0.4) is 0 Å². The van der Waals surface area contributed by atoms with Gasteiger partial charge in [-0.2, -0.15) is 9.40 Å². The van der Waals surface area contributed by atoms with Crippen molar-refractivity contribution in [2.45, 2.75) is 52.0 Å². The Morgan fingerprint density at radius 3 is 2.33 bits per heavy atom. The van der Waals surface area contributed by atoms with Crippen LogP contribution >= 0.6 is 23.2 Å². The molecule has 1 N–H and O–H groups in total. The number of rotatable bonds is 11. The Bertz CT molecular complexity index is 1760. The SMILES string of the molecule is CC1COCCN1CCCn1nc(-c2ccc(Cl)c(-c3ccc(CNCc4ccc(Cl)cc4)cc3)c2)c2c1CCN(S(C)(=O)=O)C2. The molecule has 0 amide bonds. The number of hydrogen-bond acceptors (Lipinski definition) is 6. The smallest absolute Gasteiger partial charge is 0.211 e. The maximum Gasteiger partial charge on any atom is 0.211 e. The largest absolute Gasteiger partial charge is 0.379 e. The predicted octanol–water partition coefficient (Wildman–Crippen LogP) is 6.24. The highest BCUT2D eigenvalue weighted by Gasteiger charge is 2.30. The topological polar surface area (TPSA) is 79.7 Å². The van der Waals surface area contributed by atoms with Crippen LogP contribution in [-0.2, 0) is 47.4 Å². The van der Waals surface area contributed by atoms with Crippen molar-refractivity contribution < 1.29 is 13.2 Å². The molecule has 4 aromatic rings. The van der Waals surface area contributed by atoms with Crippen molar-refractivity contribution in [2.24, 2.45) is 0 Å². The van der Waals surface area contributed by atoms with E-state index in [4.69, 9.17) is 33.0 Å². The lowest BCUT2D eigenvalue weighted by Crippen LogP contribution is -2.44. The van der Waals surface area contributed by atoms with E-state index in [1.54, 1.807) is 4.31 Å². The molecule has 6 rings (SSSR count). The number of fused-ring (bicyclic) bond motifs is 1. The summed E-state index contributed by atoms with van der Waals surface area (Å²) in [5.41, 5.74) is 8.14. The molecule has 3 aromatic carbocycles. The Morgan fingerprint density at radius 1 is 0.935 bits per heavy atom. The lowest BCUT2D eigenvalue weighted by molar-refractivity contribution is -0.00122. The first-order valence-corrected chi connectivity index (χ1v) is 18.5. The molecule has 1 atom stereocenters. The highest BCUT2D eigenvalue weighted by Crippen LogP contribution is 2.36. The Balaban J connectivity index is 1.21. The first-order valence-electron chi connectivity index (χ1n) is 15.9. The second-order valence-electron chi connectivity index (χ2n) is 12.3. The van der Waals surface area contributed by atoms with E-state index in [2.05, 4.69) is 52.2 Å². The van der Waals surface area contributed by atoms with Crippen molar-refractivity contribution in [3.63, 3.8) is 0 Å². The molecular weight excluding hydrogens is 641 g/mol. The molecule has 0 radical (unpaired) electrons. The zero-order valence-electron chi connectivity index (χ0n) is 26.4. The number of morpholine rings is 1. The molecule has 0 spiro atoms.